The van der Waals surface area contributed by atoms with Crippen LogP contribution in [-0.4, -0.2) is 36.2 Å². The summed E-state index contributed by atoms with van der Waals surface area (Å²) in [7, 11) is 1.97. The lowest BCUT2D eigenvalue weighted by molar-refractivity contribution is 0.178. The van der Waals surface area contributed by atoms with Gasteiger partial charge in [0.1, 0.15) is 5.76 Å². The molecule has 7 heteroatoms. The lowest BCUT2D eigenvalue weighted by atomic mass is 9.99. The first-order valence-electron chi connectivity index (χ1n) is 7.38. The molecular weight excluding hydrogens is 280 g/mol. The van der Waals surface area contributed by atoms with E-state index >= 15 is 0 Å². The zero-order chi connectivity index (χ0) is 15.1. The molecule has 3 aromatic rings. The molecule has 0 aliphatic carbocycles. The minimum Gasteiger partial charge on any atom is -0.445 e. The second-order valence-corrected chi connectivity index (χ2v) is 5.61. The fourth-order valence-electron chi connectivity index (χ4n) is 3.15. The molecule has 1 aliphatic rings. The summed E-state index contributed by atoms with van der Waals surface area (Å²) in [6.07, 6.45) is 6.36. The number of hydrogen-bond acceptors (Lipinski definition) is 5. The van der Waals surface area contributed by atoms with Gasteiger partial charge < -0.3 is 9.40 Å². The molecule has 0 bridgehead atoms. The summed E-state index contributed by atoms with van der Waals surface area (Å²) < 4.78 is 7.56. The van der Waals surface area contributed by atoms with Gasteiger partial charge in [-0.2, -0.15) is 5.10 Å². The van der Waals surface area contributed by atoms with E-state index in [0.717, 1.165) is 30.1 Å². The third kappa shape index (κ3) is 2.14. The summed E-state index contributed by atoms with van der Waals surface area (Å²) in [4.78, 5) is 14.4. The Morgan fingerprint density at radius 1 is 1.41 bits per heavy atom. The number of imidazole rings is 1. The summed E-state index contributed by atoms with van der Waals surface area (Å²) in [5, 5.41) is 4.31. The molecule has 0 radical (unpaired) electrons. The van der Waals surface area contributed by atoms with Gasteiger partial charge in [-0.1, -0.05) is 0 Å². The maximum Gasteiger partial charge on any atom is 0.191 e. The number of fused-ring (bicyclic) bond motifs is 1. The molecule has 1 unspecified atom stereocenters. The van der Waals surface area contributed by atoms with Crippen molar-refractivity contribution in [3.63, 3.8) is 0 Å². The SMILES string of the molecule is Cc1ncc(CN2CCc3[nH]cnc3C2c2ccnn2C)o1. The summed E-state index contributed by atoms with van der Waals surface area (Å²) in [6, 6.07) is 2.13. The molecule has 4 rings (SSSR count). The Hall–Kier alpha value is -2.41. The van der Waals surface area contributed by atoms with Crippen molar-refractivity contribution in [1.29, 1.82) is 0 Å². The van der Waals surface area contributed by atoms with Gasteiger partial charge in [0.2, 0.25) is 0 Å². The van der Waals surface area contributed by atoms with Gasteiger partial charge in [0.25, 0.3) is 0 Å². The molecular formula is C15H18N6O. The lowest BCUT2D eigenvalue weighted by Crippen LogP contribution is -2.36. The highest BCUT2D eigenvalue weighted by atomic mass is 16.4. The van der Waals surface area contributed by atoms with E-state index in [0.29, 0.717) is 12.4 Å². The molecule has 0 saturated heterocycles. The van der Waals surface area contributed by atoms with E-state index in [9.17, 15) is 0 Å². The highest BCUT2D eigenvalue weighted by molar-refractivity contribution is 5.28. The van der Waals surface area contributed by atoms with E-state index in [4.69, 9.17) is 4.42 Å². The number of aromatic nitrogens is 5. The van der Waals surface area contributed by atoms with Crippen LogP contribution in [-0.2, 0) is 20.0 Å². The molecule has 3 aromatic heterocycles. The van der Waals surface area contributed by atoms with E-state index in [1.54, 1.807) is 12.5 Å². The molecule has 0 saturated carbocycles. The predicted octanol–water partition coefficient (Wildman–Crippen LogP) is 1.59. The first kappa shape index (κ1) is 13.3. The number of oxazole rings is 1. The Balaban J connectivity index is 1.72. The van der Waals surface area contributed by atoms with Crippen LogP contribution in [0.4, 0.5) is 0 Å². The molecule has 4 heterocycles. The van der Waals surface area contributed by atoms with Crippen LogP contribution in [0.15, 0.2) is 29.2 Å². The highest BCUT2D eigenvalue weighted by Crippen LogP contribution is 2.33. The number of aryl methyl sites for hydroxylation is 2. The van der Waals surface area contributed by atoms with Crippen molar-refractivity contribution >= 4 is 0 Å². The molecule has 0 amide bonds. The summed E-state index contributed by atoms with van der Waals surface area (Å²) in [5.74, 6) is 1.58. The number of rotatable bonds is 3. The van der Waals surface area contributed by atoms with Crippen LogP contribution in [0.25, 0.3) is 0 Å². The monoisotopic (exact) mass is 298 g/mol. The van der Waals surface area contributed by atoms with Gasteiger partial charge in [0.05, 0.1) is 36.5 Å². The van der Waals surface area contributed by atoms with Crippen LogP contribution in [0, 0.1) is 6.92 Å². The third-order valence-electron chi connectivity index (χ3n) is 4.19. The Morgan fingerprint density at radius 3 is 3.05 bits per heavy atom. The Labute approximate surface area is 128 Å². The minimum atomic E-state index is 0.0768. The fourth-order valence-corrected chi connectivity index (χ4v) is 3.15. The molecule has 114 valence electrons. The van der Waals surface area contributed by atoms with Gasteiger partial charge in [0.15, 0.2) is 5.89 Å². The van der Waals surface area contributed by atoms with E-state index in [1.807, 2.05) is 30.9 Å². The van der Waals surface area contributed by atoms with Crippen molar-refractivity contribution in [3.05, 3.63) is 53.5 Å². The molecule has 22 heavy (non-hydrogen) atoms. The van der Waals surface area contributed by atoms with E-state index < -0.39 is 0 Å². The van der Waals surface area contributed by atoms with E-state index in [2.05, 4.69) is 25.0 Å². The van der Waals surface area contributed by atoms with Crippen molar-refractivity contribution in [2.45, 2.75) is 25.9 Å². The molecule has 1 atom stereocenters. The number of nitrogens with one attached hydrogen (secondary N) is 1. The van der Waals surface area contributed by atoms with Crippen LogP contribution in [0.1, 0.15) is 34.8 Å². The van der Waals surface area contributed by atoms with Crippen LogP contribution >= 0.6 is 0 Å². The zero-order valence-electron chi connectivity index (χ0n) is 12.7. The second kappa shape index (κ2) is 5.10. The Bertz CT molecular complexity index is 785. The molecule has 1 N–H and O–H groups in total. The van der Waals surface area contributed by atoms with Gasteiger partial charge in [-0.25, -0.2) is 9.97 Å². The number of hydrogen-bond donors (Lipinski definition) is 1. The maximum atomic E-state index is 5.65. The van der Waals surface area contributed by atoms with Crippen LogP contribution in [0.5, 0.6) is 0 Å². The van der Waals surface area contributed by atoms with Crippen molar-refractivity contribution < 1.29 is 4.42 Å². The van der Waals surface area contributed by atoms with Crippen molar-refractivity contribution in [2.75, 3.05) is 6.54 Å². The maximum absolute atomic E-state index is 5.65. The van der Waals surface area contributed by atoms with Crippen LogP contribution in [0.3, 0.4) is 0 Å². The highest BCUT2D eigenvalue weighted by Gasteiger charge is 2.33. The molecule has 7 nitrogen and oxygen atoms in total. The summed E-state index contributed by atoms with van der Waals surface area (Å²) in [6.45, 7) is 3.51. The van der Waals surface area contributed by atoms with Gasteiger partial charge in [0, 0.05) is 38.8 Å². The van der Waals surface area contributed by atoms with E-state index in [-0.39, 0.29) is 6.04 Å². The van der Waals surface area contributed by atoms with Crippen molar-refractivity contribution in [3.8, 4) is 0 Å². The predicted molar refractivity (Wildman–Crippen MR) is 79.0 cm³/mol. The van der Waals surface area contributed by atoms with Crippen molar-refractivity contribution in [2.24, 2.45) is 7.05 Å². The summed E-state index contributed by atoms with van der Waals surface area (Å²) in [5.41, 5.74) is 3.41. The largest absolute Gasteiger partial charge is 0.445 e. The molecule has 0 spiro atoms. The number of aromatic amines is 1. The molecule has 0 fully saturated rings. The Kier molecular flexibility index (Phi) is 3.07. The van der Waals surface area contributed by atoms with Gasteiger partial charge in [-0.05, 0) is 6.07 Å². The number of H-pyrrole nitrogens is 1. The normalized spacial score (nSPS) is 18.5. The molecule has 1 aliphatic heterocycles. The van der Waals surface area contributed by atoms with Gasteiger partial charge in [-0.15, -0.1) is 0 Å². The number of nitrogens with zero attached hydrogens (tertiary/aromatic N) is 5. The topological polar surface area (TPSA) is 75.8 Å². The average molecular weight is 298 g/mol. The summed E-state index contributed by atoms with van der Waals surface area (Å²) >= 11 is 0. The van der Waals surface area contributed by atoms with Crippen LogP contribution < -0.4 is 0 Å². The van der Waals surface area contributed by atoms with E-state index in [1.165, 1.54) is 5.69 Å². The quantitative estimate of drug-likeness (QED) is 0.794. The Morgan fingerprint density at radius 2 is 2.32 bits per heavy atom. The molecule has 0 aromatic carbocycles. The van der Waals surface area contributed by atoms with Gasteiger partial charge in [-0.3, -0.25) is 9.58 Å². The third-order valence-corrected chi connectivity index (χ3v) is 4.19. The first-order chi connectivity index (χ1) is 10.7. The lowest BCUT2D eigenvalue weighted by Gasteiger charge is -2.34. The standard InChI is InChI=1S/C15H18N6O/c1-10-16-7-11(22-10)8-21-6-4-12-14(18-9-17-12)15(21)13-3-5-19-20(13)2/h3,5,7,9,15H,4,6,8H2,1-2H3,(H,17,18). The second-order valence-electron chi connectivity index (χ2n) is 5.61. The van der Waals surface area contributed by atoms with Crippen LogP contribution in [0.2, 0.25) is 0 Å². The van der Waals surface area contributed by atoms with Gasteiger partial charge >= 0.3 is 0 Å². The van der Waals surface area contributed by atoms with Crippen molar-refractivity contribution in [1.82, 2.24) is 29.6 Å². The first-order valence-corrected chi connectivity index (χ1v) is 7.38. The zero-order valence-corrected chi connectivity index (χ0v) is 12.7. The average Bonchev–Trinajstić information content (AvgIpc) is 3.21. The fraction of sp³-hybridized carbons (Fsp3) is 0.400. The minimum absolute atomic E-state index is 0.0768. The smallest absolute Gasteiger partial charge is 0.191 e.